The van der Waals surface area contributed by atoms with Gasteiger partial charge in [0.25, 0.3) is 11.1 Å². The molecule has 0 aliphatic rings. The van der Waals surface area contributed by atoms with Crippen molar-refractivity contribution in [3.63, 3.8) is 0 Å². The molecule has 0 fully saturated rings. The largest absolute Gasteiger partial charge is 0.399 e. The highest BCUT2D eigenvalue weighted by Crippen LogP contribution is 2.27. The van der Waals surface area contributed by atoms with Crippen LogP contribution in [0, 0.1) is 5.92 Å². The predicted octanol–water partition coefficient (Wildman–Crippen LogP) is 0.00120. The fourth-order valence-corrected chi connectivity index (χ4v) is 1.34. The molecule has 5 nitrogen and oxygen atoms in total. The maximum absolute atomic E-state index is 12.5. The van der Waals surface area contributed by atoms with E-state index in [1.165, 1.54) is 0 Å². The Morgan fingerprint density at radius 1 is 1.47 bits per heavy atom. The van der Waals surface area contributed by atoms with Gasteiger partial charge in [0.2, 0.25) is 0 Å². The lowest BCUT2D eigenvalue weighted by Crippen LogP contribution is -2.41. The molecule has 1 unspecified atom stereocenters. The molecule has 1 rings (SSSR count). The fourth-order valence-electron chi connectivity index (χ4n) is 1.14. The molecule has 0 bridgehead atoms. The number of aromatic nitrogens is 2. The number of nitrogens with zero attached hydrogens (tertiary/aromatic N) is 1. The first-order chi connectivity index (χ1) is 7.71. The lowest BCUT2D eigenvalue weighted by atomic mass is 10.1. The Morgan fingerprint density at radius 2 is 2.06 bits per heavy atom. The molecule has 17 heavy (non-hydrogen) atoms. The van der Waals surface area contributed by atoms with Crippen molar-refractivity contribution in [1.29, 1.82) is 0 Å². The summed E-state index contributed by atoms with van der Waals surface area (Å²) in [6, 6.07) is 1.79. The Hall–Kier alpha value is -1.64. The Bertz CT molecular complexity index is 534. The number of alkyl halides is 3. The van der Waals surface area contributed by atoms with Gasteiger partial charge in [0.15, 0.2) is 0 Å². The minimum atomic E-state index is -4.67. The molecule has 1 aromatic heterocycles. The van der Waals surface area contributed by atoms with Gasteiger partial charge >= 0.3 is 6.18 Å². The zero-order chi connectivity index (χ0) is 13.2. The van der Waals surface area contributed by atoms with E-state index in [4.69, 9.17) is 5.73 Å². The quantitative estimate of drug-likeness (QED) is 0.755. The van der Waals surface area contributed by atoms with Crippen LogP contribution in [-0.2, 0) is 6.54 Å². The summed E-state index contributed by atoms with van der Waals surface area (Å²) in [6.45, 7) is -0.840. The SMILES string of the molecule is NC(=S)C(Cn1[nH]c(=O)ccc1=O)C(F)(F)F. The summed E-state index contributed by atoms with van der Waals surface area (Å²) in [7, 11) is 0. The van der Waals surface area contributed by atoms with Gasteiger partial charge in [0.05, 0.1) is 11.5 Å². The van der Waals surface area contributed by atoms with E-state index < -0.39 is 34.7 Å². The number of halogens is 3. The molecule has 0 saturated heterocycles. The molecule has 94 valence electrons. The highest BCUT2D eigenvalue weighted by Gasteiger charge is 2.42. The van der Waals surface area contributed by atoms with Gasteiger partial charge in [0.1, 0.15) is 5.92 Å². The highest BCUT2D eigenvalue weighted by atomic mass is 32.1. The summed E-state index contributed by atoms with van der Waals surface area (Å²) in [5, 5.41) is 1.97. The van der Waals surface area contributed by atoms with Crippen LogP contribution < -0.4 is 16.9 Å². The number of rotatable bonds is 3. The molecule has 0 aliphatic heterocycles. The standard InChI is InChI=1S/C8H8F3N3O2S/c9-8(10,11)4(7(12)17)3-14-6(16)2-1-5(15)13-14/h1-2,4H,3H2,(H2,12,17)(H,13,15). The summed E-state index contributed by atoms with van der Waals surface area (Å²) >= 11 is 4.29. The molecule has 0 amide bonds. The lowest BCUT2D eigenvalue weighted by Gasteiger charge is -2.19. The fraction of sp³-hybridized carbons (Fsp3) is 0.375. The number of thiocarbonyl (C=S) groups is 1. The average molecular weight is 267 g/mol. The zero-order valence-electron chi connectivity index (χ0n) is 8.32. The van der Waals surface area contributed by atoms with E-state index in [0.29, 0.717) is 4.68 Å². The van der Waals surface area contributed by atoms with Crippen LogP contribution in [0.5, 0.6) is 0 Å². The molecule has 1 heterocycles. The second-order valence-electron chi connectivity index (χ2n) is 3.25. The zero-order valence-corrected chi connectivity index (χ0v) is 9.14. The van der Waals surface area contributed by atoms with E-state index >= 15 is 0 Å². The molecule has 0 aromatic carbocycles. The maximum Gasteiger partial charge on any atom is 0.399 e. The third kappa shape index (κ3) is 3.41. The van der Waals surface area contributed by atoms with Crippen LogP contribution in [0.15, 0.2) is 21.7 Å². The molecule has 0 saturated carbocycles. The summed E-state index contributed by atoms with van der Waals surface area (Å²) in [4.78, 5) is 21.3. The number of nitrogens with two attached hydrogens (primary N) is 1. The van der Waals surface area contributed by atoms with E-state index in [9.17, 15) is 22.8 Å². The summed E-state index contributed by atoms with van der Waals surface area (Å²) in [5.41, 5.74) is 3.51. The number of nitrogens with one attached hydrogen (secondary N) is 1. The van der Waals surface area contributed by atoms with Gasteiger partial charge in [0, 0.05) is 12.1 Å². The highest BCUT2D eigenvalue weighted by molar-refractivity contribution is 7.80. The van der Waals surface area contributed by atoms with Crippen molar-refractivity contribution in [2.45, 2.75) is 12.7 Å². The molecule has 0 aliphatic carbocycles. The van der Waals surface area contributed by atoms with Crippen molar-refractivity contribution in [2.75, 3.05) is 0 Å². The Balaban J connectivity index is 3.11. The molecule has 0 spiro atoms. The van der Waals surface area contributed by atoms with E-state index in [-0.39, 0.29) is 0 Å². The van der Waals surface area contributed by atoms with E-state index in [0.717, 1.165) is 12.1 Å². The first-order valence-corrected chi connectivity index (χ1v) is 4.79. The lowest BCUT2D eigenvalue weighted by molar-refractivity contribution is -0.158. The van der Waals surface area contributed by atoms with Crippen molar-refractivity contribution in [1.82, 2.24) is 9.78 Å². The van der Waals surface area contributed by atoms with Gasteiger partial charge in [-0.25, -0.2) is 4.68 Å². The Labute approximate surface area is 98.0 Å². The number of H-pyrrole nitrogens is 1. The second kappa shape index (κ2) is 4.70. The Kier molecular flexibility index (Phi) is 3.71. The molecule has 1 aromatic rings. The molecule has 3 N–H and O–H groups in total. The van der Waals surface area contributed by atoms with Gasteiger partial charge in [-0.05, 0) is 0 Å². The van der Waals surface area contributed by atoms with Crippen molar-refractivity contribution in [3.8, 4) is 0 Å². The van der Waals surface area contributed by atoms with Crippen LogP contribution >= 0.6 is 12.2 Å². The molecule has 9 heteroatoms. The molecule has 1 atom stereocenters. The minimum Gasteiger partial charge on any atom is -0.393 e. The minimum absolute atomic E-state index is 0.527. The number of hydrogen-bond acceptors (Lipinski definition) is 3. The van der Waals surface area contributed by atoms with Gasteiger partial charge in [-0.1, -0.05) is 12.2 Å². The maximum atomic E-state index is 12.5. The summed E-state index contributed by atoms with van der Waals surface area (Å²) < 4.78 is 38.1. The van der Waals surface area contributed by atoms with Crippen molar-refractivity contribution in [3.05, 3.63) is 32.8 Å². The predicted molar refractivity (Wildman–Crippen MR) is 57.7 cm³/mol. The average Bonchev–Trinajstić information content (AvgIpc) is 2.17. The van der Waals surface area contributed by atoms with Gasteiger partial charge < -0.3 is 5.73 Å². The van der Waals surface area contributed by atoms with Crippen LogP contribution in [0.4, 0.5) is 13.2 Å². The van der Waals surface area contributed by atoms with Gasteiger partial charge in [-0.15, -0.1) is 0 Å². The van der Waals surface area contributed by atoms with Crippen LogP contribution in [0.2, 0.25) is 0 Å². The third-order valence-corrected chi connectivity index (χ3v) is 2.28. The topological polar surface area (TPSA) is 80.9 Å². The Morgan fingerprint density at radius 3 is 2.53 bits per heavy atom. The first kappa shape index (κ1) is 13.4. The monoisotopic (exact) mass is 267 g/mol. The normalized spacial score (nSPS) is 13.4. The van der Waals surface area contributed by atoms with Crippen molar-refractivity contribution >= 4 is 17.2 Å². The van der Waals surface area contributed by atoms with Crippen LogP contribution in [0.25, 0.3) is 0 Å². The third-order valence-electron chi connectivity index (χ3n) is 1.99. The van der Waals surface area contributed by atoms with Crippen LogP contribution in [-0.4, -0.2) is 20.9 Å². The van der Waals surface area contributed by atoms with E-state index in [2.05, 4.69) is 12.2 Å². The number of aromatic amines is 1. The van der Waals surface area contributed by atoms with Crippen LogP contribution in [0.3, 0.4) is 0 Å². The van der Waals surface area contributed by atoms with Crippen LogP contribution in [0.1, 0.15) is 0 Å². The smallest absolute Gasteiger partial charge is 0.393 e. The number of hydrogen-bond donors (Lipinski definition) is 2. The van der Waals surface area contributed by atoms with Gasteiger partial charge in [-0.2, -0.15) is 13.2 Å². The van der Waals surface area contributed by atoms with Crippen molar-refractivity contribution < 1.29 is 13.2 Å². The first-order valence-electron chi connectivity index (χ1n) is 4.38. The molecular weight excluding hydrogens is 259 g/mol. The summed E-state index contributed by atoms with van der Waals surface area (Å²) in [6.07, 6.45) is -4.67. The van der Waals surface area contributed by atoms with Crippen molar-refractivity contribution in [2.24, 2.45) is 11.7 Å². The summed E-state index contributed by atoms with van der Waals surface area (Å²) in [5.74, 6) is -2.16. The second-order valence-corrected chi connectivity index (χ2v) is 3.73. The molecular formula is C8H8F3N3O2S. The van der Waals surface area contributed by atoms with Gasteiger partial charge in [-0.3, -0.25) is 14.7 Å². The van der Waals surface area contributed by atoms with E-state index in [1.54, 1.807) is 0 Å². The van der Waals surface area contributed by atoms with E-state index in [1.807, 2.05) is 5.10 Å². The molecule has 0 radical (unpaired) electrons.